The molecule has 1 heterocycles. The predicted molar refractivity (Wildman–Crippen MR) is 71.0 cm³/mol. The Morgan fingerprint density at radius 1 is 1.47 bits per heavy atom. The van der Waals surface area contributed by atoms with Crippen molar-refractivity contribution >= 4 is 27.1 Å². The number of anilines is 2. The third-order valence-electron chi connectivity index (χ3n) is 3.04. The zero-order chi connectivity index (χ0) is 14.0. The molecule has 0 saturated carbocycles. The number of sulfone groups is 1. The topological polar surface area (TPSA) is 113 Å². The summed E-state index contributed by atoms with van der Waals surface area (Å²) < 4.78 is 22.6. The van der Waals surface area contributed by atoms with Gasteiger partial charge in [-0.15, -0.1) is 0 Å². The van der Waals surface area contributed by atoms with Crippen LogP contribution in [0.1, 0.15) is 12.0 Å². The molecule has 7 heteroatoms. The first-order valence-corrected chi connectivity index (χ1v) is 7.54. The Kier molecular flexibility index (Phi) is 3.44. The van der Waals surface area contributed by atoms with Crippen molar-refractivity contribution in [3.63, 3.8) is 0 Å². The second kappa shape index (κ2) is 4.90. The third kappa shape index (κ3) is 3.03. The van der Waals surface area contributed by atoms with Crippen molar-refractivity contribution in [1.82, 2.24) is 0 Å². The van der Waals surface area contributed by atoms with Crippen molar-refractivity contribution in [3.05, 3.63) is 23.8 Å². The van der Waals surface area contributed by atoms with Crippen LogP contribution in [-0.2, 0) is 14.6 Å². The van der Waals surface area contributed by atoms with Crippen molar-refractivity contribution in [2.45, 2.75) is 6.42 Å². The van der Waals surface area contributed by atoms with Crippen LogP contribution < -0.4 is 11.1 Å². The third-order valence-corrected chi connectivity index (χ3v) is 4.81. The van der Waals surface area contributed by atoms with Crippen molar-refractivity contribution in [1.29, 1.82) is 5.26 Å². The number of nitriles is 1. The number of carbonyl (C=O) groups excluding carboxylic acids is 1. The minimum absolute atomic E-state index is 0.0495. The monoisotopic (exact) mass is 279 g/mol. The zero-order valence-corrected chi connectivity index (χ0v) is 10.9. The maximum atomic E-state index is 11.9. The maximum Gasteiger partial charge on any atom is 0.228 e. The van der Waals surface area contributed by atoms with E-state index >= 15 is 0 Å². The van der Waals surface area contributed by atoms with Crippen molar-refractivity contribution in [2.75, 3.05) is 22.6 Å². The van der Waals surface area contributed by atoms with Crippen LogP contribution in [-0.4, -0.2) is 25.8 Å². The molecule has 1 amide bonds. The van der Waals surface area contributed by atoms with Crippen LogP contribution in [0.15, 0.2) is 18.2 Å². The van der Waals surface area contributed by atoms with E-state index in [0.717, 1.165) is 0 Å². The molecule has 0 radical (unpaired) electrons. The van der Waals surface area contributed by atoms with Gasteiger partial charge >= 0.3 is 0 Å². The molecule has 1 atom stereocenters. The van der Waals surface area contributed by atoms with Crippen LogP contribution in [0.2, 0.25) is 0 Å². The SMILES string of the molecule is N#Cc1ccc(NC(=O)C2CCS(=O)(=O)C2)c(N)c1. The molecule has 3 N–H and O–H groups in total. The normalized spacial score (nSPS) is 20.7. The number of nitrogens with one attached hydrogen (secondary N) is 1. The lowest BCUT2D eigenvalue weighted by Gasteiger charge is -2.11. The molecule has 0 aliphatic carbocycles. The van der Waals surface area contributed by atoms with E-state index in [2.05, 4.69) is 5.32 Å². The standard InChI is InChI=1S/C12H13N3O3S/c13-6-8-1-2-11(10(14)5-8)15-12(16)9-3-4-19(17,18)7-9/h1-2,5,9H,3-4,7,14H2,(H,15,16). The van der Waals surface area contributed by atoms with Crippen LogP contribution in [0.5, 0.6) is 0 Å². The number of benzene rings is 1. The van der Waals surface area contributed by atoms with E-state index in [-0.39, 0.29) is 23.1 Å². The first kappa shape index (κ1) is 13.4. The van der Waals surface area contributed by atoms with Crippen LogP contribution >= 0.6 is 0 Å². The summed E-state index contributed by atoms with van der Waals surface area (Å²) in [4.78, 5) is 11.9. The average molecular weight is 279 g/mol. The van der Waals surface area contributed by atoms with Gasteiger partial charge in [-0.1, -0.05) is 0 Å². The molecule has 0 spiro atoms. The van der Waals surface area contributed by atoms with Gasteiger partial charge in [-0.3, -0.25) is 4.79 Å². The van der Waals surface area contributed by atoms with Gasteiger partial charge in [-0.25, -0.2) is 8.42 Å². The molecule has 1 aliphatic rings. The number of nitrogen functional groups attached to an aromatic ring is 1. The second-order valence-electron chi connectivity index (χ2n) is 4.50. The van der Waals surface area contributed by atoms with Crippen LogP contribution in [0.25, 0.3) is 0 Å². The lowest BCUT2D eigenvalue weighted by Crippen LogP contribution is -2.24. The summed E-state index contributed by atoms with van der Waals surface area (Å²) in [6, 6.07) is 6.48. The van der Waals surface area contributed by atoms with Gasteiger partial charge in [0.05, 0.1) is 40.4 Å². The molecule has 19 heavy (non-hydrogen) atoms. The molecular weight excluding hydrogens is 266 g/mol. The summed E-state index contributed by atoms with van der Waals surface area (Å²) in [5, 5.41) is 11.3. The fourth-order valence-corrected chi connectivity index (χ4v) is 3.72. The van der Waals surface area contributed by atoms with E-state index in [0.29, 0.717) is 17.7 Å². The molecular formula is C12H13N3O3S. The smallest absolute Gasteiger partial charge is 0.228 e. The van der Waals surface area contributed by atoms with Crippen molar-refractivity contribution in [3.8, 4) is 6.07 Å². The fraction of sp³-hybridized carbons (Fsp3) is 0.333. The summed E-state index contributed by atoms with van der Waals surface area (Å²) in [5.41, 5.74) is 6.80. The number of hydrogen-bond acceptors (Lipinski definition) is 5. The van der Waals surface area contributed by atoms with Crippen molar-refractivity contribution < 1.29 is 13.2 Å². The summed E-state index contributed by atoms with van der Waals surface area (Å²) in [6.07, 6.45) is 0.338. The zero-order valence-electron chi connectivity index (χ0n) is 10.1. The van der Waals surface area contributed by atoms with Crippen LogP contribution in [0, 0.1) is 17.2 Å². The molecule has 1 unspecified atom stereocenters. The van der Waals surface area contributed by atoms with Gasteiger partial charge in [0.2, 0.25) is 5.91 Å². The molecule has 1 aromatic carbocycles. The van der Waals surface area contributed by atoms with E-state index in [1.165, 1.54) is 18.2 Å². The van der Waals surface area contributed by atoms with E-state index in [9.17, 15) is 13.2 Å². The van der Waals surface area contributed by atoms with Gasteiger partial charge < -0.3 is 11.1 Å². The van der Waals surface area contributed by atoms with Gasteiger partial charge in [0.25, 0.3) is 0 Å². The molecule has 100 valence electrons. The van der Waals surface area contributed by atoms with Crippen LogP contribution in [0.4, 0.5) is 11.4 Å². The van der Waals surface area contributed by atoms with E-state index < -0.39 is 15.8 Å². The largest absolute Gasteiger partial charge is 0.397 e. The molecule has 1 aliphatic heterocycles. The van der Waals surface area contributed by atoms with Gasteiger partial charge in [0.15, 0.2) is 9.84 Å². The molecule has 0 aromatic heterocycles. The Balaban J connectivity index is 2.10. The lowest BCUT2D eigenvalue weighted by atomic mass is 10.1. The van der Waals surface area contributed by atoms with Gasteiger partial charge in [-0.05, 0) is 24.6 Å². The first-order chi connectivity index (χ1) is 8.91. The summed E-state index contributed by atoms with van der Waals surface area (Å²) in [7, 11) is -3.09. The Morgan fingerprint density at radius 2 is 2.21 bits per heavy atom. The van der Waals surface area contributed by atoms with E-state index in [1.54, 1.807) is 0 Å². The minimum Gasteiger partial charge on any atom is -0.397 e. The number of nitrogens with two attached hydrogens (primary N) is 1. The Bertz CT molecular complexity index is 661. The maximum absolute atomic E-state index is 11.9. The van der Waals surface area contributed by atoms with E-state index in [4.69, 9.17) is 11.0 Å². The van der Waals surface area contributed by atoms with E-state index in [1.807, 2.05) is 6.07 Å². The Hall–Kier alpha value is -2.07. The second-order valence-corrected chi connectivity index (χ2v) is 6.73. The predicted octanol–water partition coefficient (Wildman–Crippen LogP) is 0.514. The fourth-order valence-electron chi connectivity index (χ4n) is 1.98. The summed E-state index contributed by atoms with van der Waals surface area (Å²) >= 11 is 0. The number of carbonyl (C=O) groups is 1. The molecule has 1 saturated heterocycles. The number of rotatable bonds is 2. The first-order valence-electron chi connectivity index (χ1n) is 5.72. The highest BCUT2D eigenvalue weighted by Crippen LogP contribution is 2.23. The average Bonchev–Trinajstić information content (AvgIpc) is 2.72. The van der Waals surface area contributed by atoms with Gasteiger partial charge in [-0.2, -0.15) is 5.26 Å². The van der Waals surface area contributed by atoms with Crippen LogP contribution in [0.3, 0.4) is 0 Å². The molecule has 2 rings (SSSR count). The Labute approximate surface area is 111 Å². The molecule has 1 aromatic rings. The highest BCUT2D eigenvalue weighted by Gasteiger charge is 2.33. The number of amides is 1. The number of nitrogens with zero attached hydrogens (tertiary/aromatic N) is 1. The number of hydrogen-bond donors (Lipinski definition) is 2. The van der Waals surface area contributed by atoms with Gasteiger partial charge in [0, 0.05) is 0 Å². The summed E-state index contributed by atoms with van der Waals surface area (Å²) in [5.74, 6) is -0.944. The molecule has 1 fully saturated rings. The quantitative estimate of drug-likeness (QED) is 0.766. The molecule has 6 nitrogen and oxygen atoms in total. The lowest BCUT2D eigenvalue weighted by molar-refractivity contribution is -0.119. The van der Waals surface area contributed by atoms with Gasteiger partial charge in [0.1, 0.15) is 0 Å². The van der Waals surface area contributed by atoms with Crippen molar-refractivity contribution in [2.24, 2.45) is 5.92 Å². The summed E-state index contributed by atoms with van der Waals surface area (Å²) in [6.45, 7) is 0. The highest BCUT2D eigenvalue weighted by atomic mass is 32.2. The minimum atomic E-state index is -3.09. The highest BCUT2D eigenvalue weighted by molar-refractivity contribution is 7.91. The molecule has 0 bridgehead atoms. The Morgan fingerprint density at radius 3 is 2.74 bits per heavy atom.